The summed E-state index contributed by atoms with van der Waals surface area (Å²) in [5.74, 6) is 0.760. The number of aliphatic imine (C=N–C) groups is 1. The molecule has 7 heteroatoms. The molecule has 0 amide bonds. The fraction of sp³-hybridized carbons (Fsp3) is 0.444. The zero-order valence-corrected chi connectivity index (χ0v) is 17.2. The first-order valence-corrected chi connectivity index (χ1v) is 8.27. The molecule has 1 fully saturated rings. The molecule has 1 aliphatic rings. The molecule has 1 saturated heterocycles. The van der Waals surface area contributed by atoms with Crippen molar-refractivity contribution >= 4 is 35.6 Å². The molecule has 0 saturated carbocycles. The molecule has 3 rings (SSSR count). The minimum atomic E-state index is 0. The van der Waals surface area contributed by atoms with E-state index in [1.165, 1.54) is 11.1 Å². The number of ether oxygens (including phenoxy) is 1. The molecule has 2 aromatic rings. The van der Waals surface area contributed by atoms with E-state index < -0.39 is 0 Å². The van der Waals surface area contributed by atoms with E-state index in [-0.39, 0.29) is 30.1 Å². The van der Waals surface area contributed by atoms with Crippen molar-refractivity contribution in [2.45, 2.75) is 26.4 Å². The Morgan fingerprint density at radius 1 is 1.36 bits per heavy atom. The Balaban J connectivity index is 0.00000225. The molecule has 0 bridgehead atoms. The molecule has 1 aromatic heterocycles. The van der Waals surface area contributed by atoms with E-state index in [1.54, 1.807) is 6.20 Å². The van der Waals surface area contributed by atoms with Gasteiger partial charge in [0.05, 0.1) is 5.69 Å². The molecule has 0 radical (unpaired) electrons. The number of rotatable bonds is 4. The van der Waals surface area contributed by atoms with Gasteiger partial charge in [0.25, 0.3) is 0 Å². The van der Waals surface area contributed by atoms with Gasteiger partial charge in [0.15, 0.2) is 5.96 Å². The van der Waals surface area contributed by atoms with Crippen LogP contribution < -0.4 is 11.1 Å². The number of nitrogens with one attached hydrogen (secondary N) is 1. The number of hydrogen-bond donors (Lipinski definition) is 2. The molecule has 3 N–H and O–H groups in total. The van der Waals surface area contributed by atoms with Crippen molar-refractivity contribution in [3.8, 4) is 0 Å². The number of guanidine groups is 1. The standard InChI is InChI=1S/C18H25N5O.HI/c1-12-8-13(2)10-15(9-12)22-18(19)20-11-14-5-7-24-17(14)16-4-6-21-23(16)3;/h4,6,8-10,14,17H,5,7,11H2,1-3H3,(H3,19,20,22);1H/t14-,17+;/m0./s1. The van der Waals surface area contributed by atoms with Crippen LogP contribution in [-0.2, 0) is 11.8 Å². The van der Waals surface area contributed by atoms with Crippen LogP contribution in [0.15, 0.2) is 35.5 Å². The number of aromatic nitrogens is 2. The van der Waals surface area contributed by atoms with Gasteiger partial charge in [-0.05, 0) is 49.6 Å². The molecular formula is C18H26IN5O. The Labute approximate surface area is 165 Å². The molecule has 0 unspecified atom stereocenters. The number of aryl methyl sites for hydroxylation is 3. The summed E-state index contributed by atoms with van der Waals surface area (Å²) < 4.78 is 7.75. The quantitative estimate of drug-likeness (QED) is 0.422. The molecular weight excluding hydrogens is 429 g/mol. The third-order valence-corrected chi connectivity index (χ3v) is 4.35. The maximum absolute atomic E-state index is 6.06. The summed E-state index contributed by atoms with van der Waals surface area (Å²) in [6, 6.07) is 8.26. The highest BCUT2D eigenvalue weighted by molar-refractivity contribution is 14.0. The number of hydrogen-bond acceptors (Lipinski definition) is 3. The maximum atomic E-state index is 6.06. The van der Waals surface area contributed by atoms with Crippen LogP contribution in [0.25, 0.3) is 0 Å². The van der Waals surface area contributed by atoms with Gasteiger partial charge in [-0.2, -0.15) is 5.10 Å². The maximum Gasteiger partial charge on any atom is 0.193 e. The summed E-state index contributed by atoms with van der Waals surface area (Å²) in [4.78, 5) is 4.52. The van der Waals surface area contributed by atoms with Gasteiger partial charge in [-0.15, -0.1) is 24.0 Å². The van der Waals surface area contributed by atoms with Crippen LogP contribution in [0.1, 0.15) is 29.3 Å². The number of nitrogens with zero attached hydrogens (tertiary/aromatic N) is 3. The van der Waals surface area contributed by atoms with E-state index in [2.05, 4.69) is 47.5 Å². The van der Waals surface area contributed by atoms with Crippen molar-refractivity contribution in [3.05, 3.63) is 47.3 Å². The fourth-order valence-electron chi connectivity index (χ4n) is 3.26. The lowest BCUT2D eigenvalue weighted by Gasteiger charge is -2.17. The summed E-state index contributed by atoms with van der Waals surface area (Å²) in [5, 5.41) is 7.40. The van der Waals surface area contributed by atoms with Crippen molar-refractivity contribution in [2.75, 3.05) is 18.5 Å². The molecule has 1 aliphatic heterocycles. The highest BCUT2D eigenvalue weighted by atomic mass is 127. The van der Waals surface area contributed by atoms with Gasteiger partial charge < -0.3 is 15.8 Å². The molecule has 0 aliphatic carbocycles. The Kier molecular flexibility index (Phi) is 6.83. The number of benzene rings is 1. The molecule has 6 nitrogen and oxygen atoms in total. The van der Waals surface area contributed by atoms with Crippen molar-refractivity contribution in [2.24, 2.45) is 23.7 Å². The zero-order chi connectivity index (χ0) is 17.1. The van der Waals surface area contributed by atoms with E-state index in [0.29, 0.717) is 18.4 Å². The fourth-order valence-corrected chi connectivity index (χ4v) is 3.26. The van der Waals surface area contributed by atoms with Crippen molar-refractivity contribution in [1.82, 2.24) is 9.78 Å². The second-order valence-corrected chi connectivity index (χ2v) is 6.45. The predicted molar refractivity (Wildman–Crippen MR) is 111 cm³/mol. The second-order valence-electron chi connectivity index (χ2n) is 6.45. The lowest BCUT2D eigenvalue weighted by atomic mass is 9.99. The van der Waals surface area contributed by atoms with E-state index >= 15 is 0 Å². The predicted octanol–water partition coefficient (Wildman–Crippen LogP) is 3.16. The van der Waals surface area contributed by atoms with Crippen molar-refractivity contribution in [3.63, 3.8) is 0 Å². The average Bonchev–Trinajstić information content (AvgIpc) is 3.12. The van der Waals surface area contributed by atoms with Crippen molar-refractivity contribution in [1.29, 1.82) is 0 Å². The van der Waals surface area contributed by atoms with Crippen LogP contribution in [0.5, 0.6) is 0 Å². The smallest absolute Gasteiger partial charge is 0.193 e. The Morgan fingerprint density at radius 3 is 2.72 bits per heavy atom. The van der Waals surface area contributed by atoms with E-state index in [1.807, 2.05) is 17.8 Å². The number of halogens is 1. The summed E-state index contributed by atoms with van der Waals surface area (Å²) in [7, 11) is 1.94. The molecule has 25 heavy (non-hydrogen) atoms. The molecule has 2 heterocycles. The van der Waals surface area contributed by atoms with Gasteiger partial charge in [-0.3, -0.25) is 9.67 Å². The largest absolute Gasteiger partial charge is 0.372 e. The number of anilines is 1. The Bertz CT molecular complexity index is 723. The summed E-state index contributed by atoms with van der Waals surface area (Å²) in [6.45, 7) is 5.53. The first-order chi connectivity index (χ1) is 11.5. The van der Waals surface area contributed by atoms with Crippen LogP contribution >= 0.6 is 24.0 Å². The first kappa shape index (κ1) is 19.7. The van der Waals surface area contributed by atoms with Gasteiger partial charge >= 0.3 is 0 Å². The SMILES string of the molecule is Cc1cc(C)cc(NC(N)=NC[C@@H]2CCO[C@H]2c2ccnn2C)c1.I. The van der Waals surface area contributed by atoms with Crippen LogP contribution in [0, 0.1) is 19.8 Å². The van der Waals surface area contributed by atoms with Crippen LogP contribution in [0.3, 0.4) is 0 Å². The minimum absolute atomic E-state index is 0. The average molecular weight is 455 g/mol. The minimum Gasteiger partial charge on any atom is -0.372 e. The van der Waals surface area contributed by atoms with Gasteiger partial charge in [-0.25, -0.2) is 0 Å². The number of nitrogens with two attached hydrogens (primary N) is 1. The van der Waals surface area contributed by atoms with Gasteiger partial charge in [-0.1, -0.05) is 6.07 Å². The molecule has 136 valence electrons. The summed E-state index contributed by atoms with van der Waals surface area (Å²) in [6.07, 6.45) is 2.82. The van der Waals surface area contributed by atoms with Crippen LogP contribution in [-0.4, -0.2) is 28.9 Å². The van der Waals surface area contributed by atoms with Crippen LogP contribution in [0.4, 0.5) is 5.69 Å². The van der Waals surface area contributed by atoms with Gasteiger partial charge in [0, 0.05) is 38.0 Å². The summed E-state index contributed by atoms with van der Waals surface area (Å²) in [5.41, 5.74) is 10.5. The lowest BCUT2D eigenvalue weighted by molar-refractivity contribution is 0.0859. The Morgan fingerprint density at radius 2 is 2.08 bits per heavy atom. The highest BCUT2D eigenvalue weighted by Gasteiger charge is 2.31. The van der Waals surface area contributed by atoms with Gasteiger partial charge in [0.2, 0.25) is 0 Å². The lowest BCUT2D eigenvalue weighted by Crippen LogP contribution is -2.24. The molecule has 2 atom stereocenters. The van der Waals surface area contributed by atoms with E-state index in [4.69, 9.17) is 10.5 Å². The zero-order valence-electron chi connectivity index (χ0n) is 14.9. The monoisotopic (exact) mass is 455 g/mol. The third-order valence-electron chi connectivity index (χ3n) is 4.35. The highest BCUT2D eigenvalue weighted by Crippen LogP contribution is 2.34. The van der Waals surface area contributed by atoms with E-state index in [0.717, 1.165) is 24.4 Å². The third kappa shape index (κ3) is 4.94. The molecule has 0 spiro atoms. The van der Waals surface area contributed by atoms with E-state index in [9.17, 15) is 0 Å². The molecule has 1 aromatic carbocycles. The normalized spacial score (nSPS) is 20.4. The van der Waals surface area contributed by atoms with Crippen LogP contribution in [0.2, 0.25) is 0 Å². The Hall–Kier alpha value is -1.61. The summed E-state index contributed by atoms with van der Waals surface area (Å²) >= 11 is 0. The topological polar surface area (TPSA) is 77.5 Å². The van der Waals surface area contributed by atoms with Crippen molar-refractivity contribution < 1.29 is 4.74 Å². The first-order valence-electron chi connectivity index (χ1n) is 8.27. The second kappa shape index (κ2) is 8.66. The van der Waals surface area contributed by atoms with Gasteiger partial charge in [0.1, 0.15) is 6.10 Å².